The maximum Gasteiger partial charge on any atom is 0.194 e. The molecule has 0 fully saturated rings. The molecule has 3 heterocycles. The highest BCUT2D eigenvalue weighted by atomic mass is 35.5. The molecule has 17 heavy (non-hydrogen) atoms. The van der Waals surface area contributed by atoms with Crippen LogP contribution >= 0.6 is 11.6 Å². The standard InChI is InChI=1S/C12H13ClN2O2/c13-11-5-4-10(17-11)9-6-15-8(7-16)2-1-3-12(15)14-9/h4-6,8,16H,1-3,7H2. The van der Waals surface area contributed by atoms with Crippen LogP contribution in [-0.2, 0) is 6.42 Å². The first-order chi connectivity index (χ1) is 8.28. The molecule has 1 aliphatic heterocycles. The average molecular weight is 253 g/mol. The predicted octanol–water partition coefficient (Wildman–Crippen LogP) is 2.67. The molecule has 1 aliphatic rings. The summed E-state index contributed by atoms with van der Waals surface area (Å²) in [5.41, 5.74) is 0.784. The molecule has 1 unspecified atom stereocenters. The van der Waals surface area contributed by atoms with E-state index in [2.05, 4.69) is 9.55 Å². The van der Waals surface area contributed by atoms with Gasteiger partial charge in [-0.25, -0.2) is 4.98 Å². The lowest BCUT2D eigenvalue weighted by Gasteiger charge is -2.22. The van der Waals surface area contributed by atoms with E-state index in [-0.39, 0.29) is 12.6 Å². The van der Waals surface area contributed by atoms with Crippen molar-refractivity contribution in [3.8, 4) is 11.5 Å². The first-order valence-electron chi connectivity index (χ1n) is 5.72. The third-order valence-corrected chi connectivity index (χ3v) is 3.38. The van der Waals surface area contributed by atoms with E-state index in [0.29, 0.717) is 11.0 Å². The van der Waals surface area contributed by atoms with Crippen LogP contribution in [0.5, 0.6) is 0 Å². The molecular weight excluding hydrogens is 240 g/mol. The molecule has 5 heteroatoms. The predicted molar refractivity (Wildman–Crippen MR) is 64.0 cm³/mol. The van der Waals surface area contributed by atoms with Crippen molar-refractivity contribution in [1.29, 1.82) is 0 Å². The summed E-state index contributed by atoms with van der Waals surface area (Å²) in [4.78, 5) is 4.53. The lowest BCUT2D eigenvalue weighted by atomic mass is 10.1. The van der Waals surface area contributed by atoms with Gasteiger partial charge in [0.15, 0.2) is 11.0 Å². The number of rotatable bonds is 2. The number of hydrogen-bond acceptors (Lipinski definition) is 3. The van der Waals surface area contributed by atoms with Crippen molar-refractivity contribution >= 4 is 11.6 Å². The van der Waals surface area contributed by atoms with Gasteiger partial charge < -0.3 is 14.1 Å². The molecule has 0 aromatic carbocycles. The van der Waals surface area contributed by atoms with E-state index in [9.17, 15) is 5.11 Å². The Balaban J connectivity index is 2.01. The summed E-state index contributed by atoms with van der Waals surface area (Å²) in [6.45, 7) is 0.154. The van der Waals surface area contributed by atoms with E-state index in [1.54, 1.807) is 6.07 Å². The summed E-state index contributed by atoms with van der Waals surface area (Å²) < 4.78 is 7.39. The summed E-state index contributed by atoms with van der Waals surface area (Å²) in [6, 6.07) is 3.66. The molecule has 0 saturated heterocycles. The molecule has 90 valence electrons. The molecule has 0 bridgehead atoms. The third-order valence-electron chi connectivity index (χ3n) is 3.18. The minimum Gasteiger partial charge on any atom is -0.443 e. The summed E-state index contributed by atoms with van der Waals surface area (Å²) >= 11 is 5.75. The van der Waals surface area contributed by atoms with Crippen molar-refractivity contribution in [3.05, 3.63) is 29.4 Å². The molecule has 1 N–H and O–H groups in total. The molecule has 0 amide bonds. The average Bonchev–Trinajstić information content (AvgIpc) is 2.93. The van der Waals surface area contributed by atoms with Gasteiger partial charge in [-0.1, -0.05) is 0 Å². The largest absolute Gasteiger partial charge is 0.443 e. The van der Waals surface area contributed by atoms with Gasteiger partial charge in [-0.3, -0.25) is 0 Å². The third kappa shape index (κ3) is 1.87. The Morgan fingerprint density at radius 2 is 2.41 bits per heavy atom. The van der Waals surface area contributed by atoms with Gasteiger partial charge in [0.2, 0.25) is 0 Å². The maximum atomic E-state index is 9.33. The molecule has 3 rings (SSSR count). The zero-order chi connectivity index (χ0) is 11.8. The van der Waals surface area contributed by atoms with E-state index >= 15 is 0 Å². The molecule has 2 aromatic heterocycles. The second kappa shape index (κ2) is 4.20. The maximum absolute atomic E-state index is 9.33. The Hall–Kier alpha value is -1.26. The number of aromatic nitrogens is 2. The summed E-state index contributed by atoms with van der Waals surface area (Å²) in [5, 5.41) is 9.69. The van der Waals surface area contributed by atoms with Crippen molar-refractivity contribution in [2.24, 2.45) is 0 Å². The first kappa shape index (κ1) is 10.9. The van der Waals surface area contributed by atoms with E-state index in [4.69, 9.17) is 16.0 Å². The van der Waals surface area contributed by atoms with Crippen LogP contribution in [0.15, 0.2) is 22.7 Å². The molecule has 0 saturated carbocycles. The fourth-order valence-electron chi connectivity index (χ4n) is 2.32. The Bertz CT molecular complexity index is 532. The lowest BCUT2D eigenvalue weighted by Crippen LogP contribution is -2.20. The molecule has 0 radical (unpaired) electrons. The van der Waals surface area contributed by atoms with Crippen LogP contribution in [0.2, 0.25) is 5.22 Å². The number of fused-ring (bicyclic) bond motifs is 1. The van der Waals surface area contributed by atoms with Gasteiger partial charge in [0, 0.05) is 12.6 Å². The molecule has 0 spiro atoms. The Labute approximate surface area is 104 Å². The number of hydrogen-bond donors (Lipinski definition) is 1. The number of aryl methyl sites for hydroxylation is 1. The lowest BCUT2D eigenvalue weighted by molar-refractivity contribution is 0.206. The van der Waals surface area contributed by atoms with Gasteiger partial charge in [0.1, 0.15) is 11.5 Å². The van der Waals surface area contributed by atoms with Crippen molar-refractivity contribution in [2.45, 2.75) is 25.3 Å². The van der Waals surface area contributed by atoms with Crippen LogP contribution in [0, 0.1) is 0 Å². The minimum atomic E-state index is 0.144. The molecule has 0 aliphatic carbocycles. The van der Waals surface area contributed by atoms with Gasteiger partial charge >= 0.3 is 0 Å². The Kier molecular flexibility index (Phi) is 2.68. The molecule has 1 atom stereocenters. The van der Waals surface area contributed by atoms with Gasteiger partial charge in [0.25, 0.3) is 0 Å². The van der Waals surface area contributed by atoms with Gasteiger partial charge in [-0.05, 0) is 36.6 Å². The van der Waals surface area contributed by atoms with Crippen molar-refractivity contribution < 1.29 is 9.52 Å². The zero-order valence-electron chi connectivity index (χ0n) is 9.27. The quantitative estimate of drug-likeness (QED) is 0.894. The Morgan fingerprint density at radius 3 is 3.12 bits per heavy atom. The topological polar surface area (TPSA) is 51.2 Å². The van der Waals surface area contributed by atoms with E-state index in [0.717, 1.165) is 30.8 Å². The molecule has 2 aromatic rings. The number of nitrogens with zero attached hydrogens (tertiary/aromatic N) is 2. The normalized spacial score (nSPS) is 19.3. The Morgan fingerprint density at radius 1 is 1.53 bits per heavy atom. The van der Waals surface area contributed by atoms with Crippen molar-refractivity contribution in [1.82, 2.24) is 9.55 Å². The number of halogens is 1. The number of aliphatic hydroxyl groups is 1. The fourth-order valence-corrected chi connectivity index (χ4v) is 2.46. The smallest absolute Gasteiger partial charge is 0.194 e. The van der Waals surface area contributed by atoms with Gasteiger partial charge in [0.05, 0.1) is 12.6 Å². The van der Waals surface area contributed by atoms with Gasteiger partial charge in [-0.15, -0.1) is 0 Å². The summed E-state index contributed by atoms with van der Waals surface area (Å²) in [6.07, 6.45) is 4.95. The van der Waals surface area contributed by atoms with E-state index in [1.165, 1.54) is 0 Å². The number of aliphatic hydroxyl groups excluding tert-OH is 1. The van der Waals surface area contributed by atoms with Crippen LogP contribution in [0.1, 0.15) is 24.7 Å². The highest BCUT2D eigenvalue weighted by molar-refractivity contribution is 6.28. The zero-order valence-corrected chi connectivity index (χ0v) is 10.0. The number of furan rings is 1. The van der Waals surface area contributed by atoms with Crippen LogP contribution < -0.4 is 0 Å². The molecule has 4 nitrogen and oxygen atoms in total. The van der Waals surface area contributed by atoms with E-state index < -0.39 is 0 Å². The second-order valence-electron chi connectivity index (χ2n) is 4.28. The summed E-state index contributed by atoms with van der Waals surface area (Å²) in [7, 11) is 0. The van der Waals surface area contributed by atoms with Crippen molar-refractivity contribution in [3.63, 3.8) is 0 Å². The van der Waals surface area contributed by atoms with Crippen LogP contribution in [0.4, 0.5) is 0 Å². The first-order valence-corrected chi connectivity index (χ1v) is 6.10. The monoisotopic (exact) mass is 252 g/mol. The number of imidazole rings is 1. The summed E-state index contributed by atoms with van der Waals surface area (Å²) in [5.74, 6) is 1.69. The minimum absolute atomic E-state index is 0.144. The van der Waals surface area contributed by atoms with Crippen LogP contribution in [0.25, 0.3) is 11.5 Å². The van der Waals surface area contributed by atoms with Crippen molar-refractivity contribution in [2.75, 3.05) is 6.61 Å². The second-order valence-corrected chi connectivity index (χ2v) is 4.65. The van der Waals surface area contributed by atoms with Gasteiger partial charge in [-0.2, -0.15) is 0 Å². The van der Waals surface area contributed by atoms with E-state index in [1.807, 2.05) is 12.3 Å². The fraction of sp³-hybridized carbons (Fsp3) is 0.417. The highest BCUT2D eigenvalue weighted by Gasteiger charge is 2.22. The SMILES string of the molecule is OCC1CCCc2nc(-c3ccc(Cl)o3)cn21. The highest BCUT2D eigenvalue weighted by Crippen LogP contribution is 2.29. The van der Waals surface area contributed by atoms with Crippen LogP contribution in [0.3, 0.4) is 0 Å². The molecular formula is C12H13ClN2O2. The van der Waals surface area contributed by atoms with Crippen LogP contribution in [-0.4, -0.2) is 21.3 Å².